The van der Waals surface area contributed by atoms with Gasteiger partial charge in [-0.1, -0.05) is 24.3 Å². The molecule has 0 saturated heterocycles. The maximum atomic E-state index is 9.89. The average molecular weight is 243 g/mol. The molecule has 0 atom stereocenters. The van der Waals surface area contributed by atoms with E-state index < -0.39 is 0 Å². The van der Waals surface area contributed by atoms with Gasteiger partial charge >= 0.3 is 0 Å². The predicted molar refractivity (Wildman–Crippen MR) is 68.8 cm³/mol. The van der Waals surface area contributed by atoms with Crippen molar-refractivity contribution < 1.29 is 15.1 Å². The van der Waals surface area contributed by atoms with Crippen LogP contribution >= 0.6 is 0 Å². The Hall–Kier alpha value is -2.20. The van der Waals surface area contributed by atoms with E-state index in [9.17, 15) is 10.2 Å². The molecule has 0 heterocycles. The van der Waals surface area contributed by atoms with E-state index in [0.29, 0.717) is 5.69 Å². The van der Waals surface area contributed by atoms with Crippen LogP contribution in [-0.4, -0.2) is 17.3 Å². The number of phenolic OH excluding ortho intramolecular Hbond substituents is 2. The lowest BCUT2D eigenvalue weighted by atomic mass is 10.1. The van der Waals surface area contributed by atoms with Gasteiger partial charge in [-0.2, -0.15) is 0 Å². The van der Waals surface area contributed by atoms with Crippen LogP contribution in [0.25, 0.3) is 0 Å². The SMILES string of the molecule is [CH]c1ccc(N(OC)c2ccccc2)c(O)c1O. The van der Waals surface area contributed by atoms with E-state index in [0.717, 1.165) is 5.69 Å². The zero-order chi connectivity index (χ0) is 13.1. The fourth-order valence-corrected chi connectivity index (χ4v) is 1.65. The van der Waals surface area contributed by atoms with E-state index in [2.05, 4.69) is 0 Å². The number of para-hydroxylation sites is 1. The number of hydrogen-bond donors (Lipinski definition) is 2. The van der Waals surface area contributed by atoms with Gasteiger partial charge in [0.15, 0.2) is 11.5 Å². The highest BCUT2D eigenvalue weighted by molar-refractivity contribution is 5.71. The summed E-state index contributed by atoms with van der Waals surface area (Å²) in [6.45, 7) is 5.50. The van der Waals surface area contributed by atoms with Crippen LogP contribution in [0.3, 0.4) is 0 Å². The standard InChI is InChI=1S/C14H13NO3/c1-10-8-9-12(14(17)13(10)16)15(18-2)11-6-4-3-5-7-11/h1,3-9,16-17H,2H3. The molecule has 2 aromatic rings. The van der Waals surface area contributed by atoms with E-state index >= 15 is 0 Å². The van der Waals surface area contributed by atoms with E-state index in [-0.39, 0.29) is 17.1 Å². The molecule has 0 amide bonds. The summed E-state index contributed by atoms with van der Waals surface area (Å²) in [4.78, 5) is 5.22. The number of aromatic hydroxyl groups is 2. The highest BCUT2D eigenvalue weighted by Crippen LogP contribution is 2.40. The summed E-state index contributed by atoms with van der Waals surface area (Å²) in [6.07, 6.45) is 0. The van der Waals surface area contributed by atoms with Crippen LogP contribution in [0.15, 0.2) is 42.5 Å². The minimum atomic E-state index is -0.356. The first-order chi connectivity index (χ1) is 8.65. The van der Waals surface area contributed by atoms with Gasteiger partial charge in [0, 0.05) is 12.5 Å². The Bertz CT molecular complexity index is 540. The van der Waals surface area contributed by atoms with E-state index in [1.54, 1.807) is 6.07 Å². The summed E-state index contributed by atoms with van der Waals surface area (Å²) < 4.78 is 0. The second kappa shape index (κ2) is 4.98. The highest BCUT2D eigenvalue weighted by Gasteiger charge is 2.16. The lowest BCUT2D eigenvalue weighted by Crippen LogP contribution is -2.15. The van der Waals surface area contributed by atoms with Gasteiger partial charge < -0.3 is 10.2 Å². The Morgan fingerprint density at radius 2 is 1.67 bits per heavy atom. The van der Waals surface area contributed by atoms with Gasteiger partial charge in [0.05, 0.1) is 12.8 Å². The fraction of sp³-hybridized carbons (Fsp3) is 0.0714. The van der Waals surface area contributed by atoms with Gasteiger partial charge in [-0.15, -0.1) is 0 Å². The number of phenols is 2. The highest BCUT2D eigenvalue weighted by atomic mass is 16.7. The second-order valence-corrected chi connectivity index (χ2v) is 3.68. The molecule has 0 bridgehead atoms. The Balaban J connectivity index is 2.50. The number of benzene rings is 2. The molecule has 2 N–H and O–H groups in total. The first kappa shape index (κ1) is 12.3. The summed E-state index contributed by atoms with van der Waals surface area (Å²) >= 11 is 0. The van der Waals surface area contributed by atoms with Crippen molar-refractivity contribution in [3.8, 4) is 11.5 Å². The van der Waals surface area contributed by atoms with Crippen LogP contribution in [-0.2, 0) is 4.84 Å². The van der Waals surface area contributed by atoms with E-state index in [1.165, 1.54) is 18.2 Å². The van der Waals surface area contributed by atoms with Gasteiger partial charge in [0.2, 0.25) is 0 Å². The monoisotopic (exact) mass is 243 g/mol. The maximum absolute atomic E-state index is 9.89. The molecule has 2 rings (SSSR count). The normalized spacial score (nSPS) is 10.3. The summed E-state index contributed by atoms with van der Waals surface area (Å²) in [6, 6.07) is 12.3. The van der Waals surface area contributed by atoms with Crippen molar-refractivity contribution >= 4 is 11.4 Å². The van der Waals surface area contributed by atoms with E-state index in [4.69, 9.17) is 11.8 Å². The molecule has 0 fully saturated rings. The van der Waals surface area contributed by atoms with Crippen LogP contribution in [0, 0.1) is 6.92 Å². The van der Waals surface area contributed by atoms with Gasteiger partial charge in [0.1, 0.15) is 5.69 Å². The first-order valence-electron chi connectivity index (χ1n) is 5.35. The summed E-state index contributed by atoms with van der Waals surface area (Å²) in [5, 5.41) is 20.9. The van der Waals surface area contributed by atoms with Crippen LogP contribution in [0.1, 0.15) is 5.56 Å². The molecule has 4 nitrogen and oxygen atoms in total. The lowest BCUT2D eigenvalue weighted by molar-refractivity contribution is 0.199. The molecule has 2 radical (unpaired) electrons. The van der Waals surface area contributed by atoms with Crippen molar-refractivity contribution in [1.82, 2.24) is 0 Å². The lowest BCUT2D eigenvalue weighted by Gasteiger charge is -2.23. The third-order valence-electron chi connectivity index (χ3n) is 2.55. The topological polar surface area (TPSA) is 52.9 Å². The molecule has 0 unspecified atom stereocenters. The quantitative estimate of drug-likeness (QED) is 0.643. The molecule has 0 aliphatic heterocycles. The van der Waals surface area contributed by atoms with Crippen LogP contribution < -0.4 is 5.06 Å². The third-order valence-corrected chi connectivity index (χ3v) is 2.55. The zero-order valence-electron chi connectivity index (χ0n) is 9.87. The first-order valence-corrected chi connectivity index (χ1v) is 5.35. The molecule has 18 heavy (non-hydrogen) atoms. The zero-order valence-corrected chi connectivity index (χ0v) is 9.87. The molecule has 92 valence electrons. The second-order valence-electron chi connectivity index (χ2n) is 3.68. The Labute approximate surface area is 106 Å². The van der Waals surface area contributed by atoms with Crippen LogP contribution in [0.2, 0.25) is 0 Å². The van der Waals surface area contributed by atoms with Gasteiger partial charge in [-0.05, 0) is 18.2 Å². The minimum Gasteiger partial charge on any atom is -0.504 e. The van der Waals surface area contributed by atoms with Crippen molar-refractivity contribution in [2.45, 2.75) is 0 Å². The number of hydrogen-bond acceptors (Lipinski definition) is 4. The largest absolute Gasteiger partial charge is 0.504 e. The van der Waals surface area contributed by atoms with Gasteiger partial charge in [0.25, 0.3) is 0 Å². The summed E-state index contributed by atoms with van der Waals surface area (Å²) in [5.74, 6) is -0.675. The van der Waals surface area contributed by atoms with Crippen molar-refractivity contribution in [2.24, 2.45) is 0 Å². The fourth-order valence-electron chi connectivity index (χ4n) is 1.65. The molecular weight excluding hydrogens is 230 g/mol. The molecule has 0 spiro atoms. The smallest absolute Gasteiger partial charge is 0.184 e. The maximum Gasteiger partial charge on any atom is 0.184 e. The van der Waals surface area contributed by atoms with Crippen LogP contribution in [0.4, 0.5) is 11.4 Å². The molecule has 0 aromatic heterocycles. The molecule has 0 saturated carbocycles. The number of nitrogens with zero attached hydrogens (tertiary/aromatic N) is 1. The van der Waals surface area contributed by atoms with Crippen molar-refractivity contribution in [3.05, 3.63) is 55.0 Å². The Morgan fingerprint density at radius 1 is 1.00 bits per heavy atom. The van der Waals surface area contributed by atoms with Crippen LogP contribution in [0.5, 0.6) is 11.5 Å². The molecule has 0 aliphatic rings. The summed E-state index contributed by atoms with van der Waals surface area (Å²) in [5.41, 5.74) is 1.15. The number of anilines is 2. The third kappa shape index (κ3) is 2.10. The summed E-state index contributed by atoms with van der Waals surface area (Å²) in [7, 11) is 1.47. The Kier molecular flexibility index (Phi) is 3.39. The van der Waals surface area contributed by atoms with Crippen molar-refractivity contribution in [2.75, 3.05) is 12.2 Å². The molecule has 2 aromatic carbocycles. The van der Waals surface area contributed by atoms with E-state index in [1.807, 2.05) is 30.3 Å². The molecule has 0 aliphatic carbocycles. The average Bonchev–Trinajstić information content (AvgIpc) is 2.41. The Morgan fingerprint density at radius 3 is 2.28 bits per heavy atom. The predicted octanol–water partition coefficient (Wildman–Crippen LogP) is 2.86. The van der Waals surface area contributed by atoms with Gasteiger partial charge in [-0.25, -0.2) is 5.06 Å². The van der Waals surface area contributed by atoms with Crippen molar-refractivity contribution in [3.63, 3.8) is 0 Å². The van der Waals surface area contributed by atoms with Gasteiger partial charge in [-0.3, -0.25) is 4.84 Å². The molecular formula is C14H13NO3. The molecule has 4 heteroatoms. The van der Waals surface area contributed by atoms with Crippen molar-refractivity contribution in [1.29, 1.82) is 0 Å². The number of rotatable bonds is 3. The minimum absolute atomic E-state index is 0.111.